The molecule has 0 spiro atoms. The summed E-state index contributed by atoms with van der Waals surface area (Å²) in [6, 6.07) is 1.17. The molecular formula is C13H14FN3O2. The number of carbonyl (C=O) groups excluding carboxylic acids is 1. The fourth-order valence-corrected chi connectivity index (χ4v) is 2.71. The summed E-state index contributed by atoms with van der Waals surface area (Å²) in [7, 11) is 0. The molecule has 0 saturated heterocycles. The van der Waals surface area contributed by atoms with Gasteiger partial charge in [-0.15, -0.1) is 0 Å². The first-order valence-corrected chi connectivity index (χ1v) is 6.20. The molecule has 6 heteroatoms. The Labute approximate surface area is 109 Å². The summed E-state index contributed by atoms with van der Waals surface area (Å²) in [5, 5.41) is 11.8. The van der Waals surface area contributed by atoms with Crippen molar-refractivity contribution in [1.29, 1.82) is 0 Å². The van der Waals surface area contributed by atoms with E-state index >= 15 is 0 Å². The molecule has 3 rings (SSSR count). The maximum Gasteiger partial charge on any atom is 0.247 e. The maximum atomic E-state index is 14.2. The van der Waals surface area contributed by atoms with Crippen LogP contribution in [0.1, 0.15) is 30.8 Å². The zero-order valence-electron chi connectivity index (χ0n) is 10.7. The number of rotatable bonds is 2. The van der Waals surface area contributed by atoms with E-state index in [0.29, 0.717) is 23.3 Å². The van der Waals surface area contributed by atoms with Gasteiger partial charge in [-0.1, -0.05) is 6.92 Å². The van der Waals surface area contributed by atoms with E-state index in [1.54, 1.807) is 11.5 Å². The van der Waals surface area contributed by atoms with Crippen LogP contribution in [0.15, 0.2) is 6.07 Å². The van der Waals surface area contributed by atoms with Gasteiger partial charge in [0.1, 0.15) is 17.6 Å². The zero-order valence-corrected chi connectivity index (χ0v) is 10.7. The van der Waals surface area contributed by atoms with Crippen molar-refractivity contribution in [2.24, 2.45) is 0 Å². The molecule has 1 aromatic heterocycles. The summed E-state index contributed by atoms with van der Waals surface area (Å²) in [5.41, 5.74) is 1.45. The number of halogens is 1. The van der Waals surface area contributed by atoms with Crippen molar-refractivity contribution >= 4 is 22.6 Å². The Morgan fingerprint density at radius 2 is 2.32 bits per heavy atom. The van der Waals surface area contributed by atoms with Crippen molar-refractivity contribution in [1.82, 2.24) is 9.55 Å². The van der Waals surface area contributed by atoms with Crippen molar-refractivity contribution in [2.45, 2.75) is 32.9 Å². The van der Waals surface area contributed by atoms with Crippen LogP contribution in [0.5, 0.6) is 0 Å². The third-order valence-electron chi connectivity index (χ3n) is 3.58. The highest BCUT2D eigenvalue weighted by molar-refractivity contribution is 6.06. The zero-order chi connectivity index (χ0) is 13.7. The Hall–Kier alpha value is -1.95. The first kappa shape index (κ1) is 12.1. The fourth-order valence-electron chi connectivity index (χ4n) is 2.71. The minimum Gasteiger partial charge on any atom is -0.392 e. The van der Waals surface area contributed by atoms with E-state index < -0.39 is 12.4 Å². The number of imidazole rings is 1. The van der Waals surface area contributed by atoms with Gasteiger partial charge in [0.2, 0.25) is 5.91 Å². The smallest absolute Gasteiger partial charge is 0.247 e. The van der Waals surface area contributed by atoms with Gasteiger partial charge in [-0.05, 0) is 19.4 Å². The van der Waals surface area contributed by atoms with E-state index in [1.165, 1.54) is 6.07 Å². The molecule has 0 bridgehead atoms. The predicted molar refractivity (Wildman–Crippen MR) is 68.3 cm³/mol. The average molecular weight is 263 g/mol. The molecule has 1 amide bonds. The van der Waals surface area contributed by atoms with Gasteiger partial charge in [0, 0.05) is 5.56 Å². The number of nitrogens with zero attached hydrogens (tertiary/aromatic N) is 2. The van der Waals surface area contributed by atoms with Gasteiger partial charge in [0.05, 0.1) is 17.6 Å². The lowest BCUT2D eigenvalue weighted by molar-refractivity contribution is -0.119. The van der Waals surface area contributed by atoms with Crippen molar-refractivity contribution < 1.29 is 14.3 Å². The lowest BCUT2D eigenvalue weighted by Crippen LogP contribution is -2.31. The summed E-state index contributed by atoms with van der Waals surface area (Å²) in [6.07, 6.45) is 0.612. The van der Waals surface area contributed by atoms with Crippen molar-refractivity contribution in [3.63, 3.8) is 0 Å². The minimum absolute atomic E-state index is 0.122. The van der Waals surface area contributed by atoms with Crippen LogP contribution >= 0.6 is 0 Å². The van der Waals surface area contributed by atoms with E-state index in [9.17, 15) is 9.18 Å². The van der Waals surface area contributed by atoms with E-state index in [1.807, 2.05) is 6.92 Å². The number of nitrogens with one attached hydrogen (secondary N) is 1. The Kier molecular flexibility index (Phi) is 2.56. The second kappa shape index (κ2) is 4.03. The topological polar surface area (TPSA) is 67.2 Å². The van der Waals surface area contributed by atoms with Gasteiger partial charge in [-0.2, -0.15) is 0 Å². The standard InChI is InChI=1S/C13H14FN3O2/c1-3-9-13(19)16-11-10(14)7(5-18)4-8-12(11)17(9)6(2)15-8/h4,9,18H,3,5H2,1-2H3,(H,16,19). The number of aromatic nitrogens is 2. The first-order chi connectivity index (χ1) is 9.08. The van der Waals surface area contributed by atoms with Crippen LogP contribution < -0.4 is 5.32 Å². The summed E-state index contributed by atoms with van der Waals surface area (Å²) in [4.78, 5) is 16.4. The number of anilines is 1. The summed E-state index contributed by atoms with van der Waals surface area (Å²) >= 11 is 0. The van der Waals surface area contributed by atoms with Crippen LogP contribution in [-0.4, -0.2) is 20.6 Å². The highest BCUT2D eigenvalue weighted by Gasteiger charge is 2.32. The number of carbonyl (C=O) groups is 1. The molecule has 1 atom stereocenters. The lowest BCUT2D eigenvalue weighted by Gasteiger charge is -2.25. The monoisotopic (exact) mass is 263 g/mol. The van der Waals surface area contributed by atoms with Crippen LogP contribution in [0, 0.1) is 12.7 Å². The Morgan fingerprint density at radius 3 is 2.95 bits per heavy atom. The first-order valence-electron chi connectivity index (χ1n) is 6.20. The van der Waals surface area contributed by atoms with Crippen molar-refractivity contribution in [2.75, 3.05) is 5.32 Å². The van der Waals surface area contributed by atoms with Gasteiger partial charge >= 0.3 is 0 Å². The molecule has 2 N–H and O–H groups in total. The van der Waals surface area contributed by atoms with Crippen LogP contribution in [0.25, 0.3) is 11.0 Å². The van der Waals surface area contributed by atoms with Crippen molar-refractivity contribution in [3.8, 4) is 0 Å². The molecule has 2 heterocycles. The lowest BCUT2D eigenvalue weighted by atomic mass is 10.1. The second-order valence-corrected chi connectivity index (χ2v) is 4.69. The third-order valence-corrected chi connectivity index (χ3v) is 3.58. The largest absolute Gasteiger partial charge is 0.392 e. The normalized spacial score (nSPS) is 17.9. The van der Waals surface area contributed by atoms with Crippen LogP contribution in [0.4, 0.5) is 10.1 Å². The van der Waals surface area contributed by atoms with Crippen LogP contribution in [0.2, 0.25) is 0 Å². The van der Waals surface area contributed by atoms with E-state index in [-0.39, 0.29) is 23.2 Å². The van der Waals surface area contributed by atoms with Crippen LogP contribution in [-0.2, 0) is 11.4 Å². The quantitative estimate of drug-likeness (QED) is 0.869. The molecular weight excluding hydrogens is 249 g/mol. The molecule has 1 aliphatic heterocycles. The molecule has 1 unspecified atom stereocenters. The highest BCUT2D eigenvalue weighted by Crippen LogP contribution is 2.37. The summed E-state index contributed by atoms with van der Waals surface area (Å²) in [6.45, 7) is 3.27. The third kappa shape index (κ3) is 1.49. The molecule has 5 nitrogen and oxygen atoms in total. The molecule has 2 aromatic rings. The Morgan fingerprint density at radius 1 is 1.58 bits per heavy atom. The van der Waals surface area contributed by atoms with E-state index in [4.69, 9.17) is 5.11 Å². The minimum atomic E-state index is -0.584. The number of aliphatic hydroxyl groups excluding tert-OH is 1. The fraction of sp³-hybridized carbons (Fsp3) is 0.385. The van der Waals surface area contributed by atoms with Gasteiger partial charge in [0.15, 0.2) is 5.82 Å². The molecule has 1 aliphatic rings. The molecule has 1 aromatic carbocycles. The van der Waals surface area contributed by atoms with Crippen molar-refractivity contribution in [3.05, 3.63) is 23.3 Å². The number of benzene rings is 1. The Bertz CT molecular complexity index is 693. The summed E-state index contributed by atoms with van der Waals surface area (Å²) < 4.78 is 16.0. The number of aliphatic hydroxyl groups is 1. The SMILES string of the molecule is CCC1C(=O)Nc2c(F)c(CO)cc3nc(C)n1c23. The molecule has 100 valence electrons. The number of aryl methyl sites for hydroxylation is 1. The van der Waals surface area contributed by atoms with Gasteiger partial charge in [-0.3, -0.25) is 4.79 Å². The summed E-state index contributed by atoms with van der Waals surface area (Å²) in [5.74, 6) is -0.155. The molecule has 19 heavy (non-hydrogen) atoms. The van der Waals surface area contributed by atoms with Crippen LogP contribution in [0.3, 0.4) is 0 Å². The predicted octanol–water partition coefficient (Wildman–Crippen LogP) is 1.88. The average Bonchev–Trinajstić information content (AvgIpc) is 2.71. The number of hydrogen-bond donors (Lipinski definition) is 2. The second-order valence-electron chi connectivity index (χ2n) is 4.69. The molecule has 0 radical (unpaired) electrons. The van der Waals surface area contributed by atoms with Gasteiger partial charge in [-0.25, -0.2) is 9.37 Å². The van der Waals surface area contributed by atoms with Gasteiger partial charge in [0.25, 0.3) is 0 Å². The van der Waals surface area contributed by atoms with E-state index in [0.717, 1.165) is 0 Å². The number of hydrogen-bond acceptors (Lipinski definition) is 3. The molecule has 0 aliphatic carbocycles. The molecule has 0 fully saturated rings. The molecule has 0 saturated carbocycles. The maximum absolute atomic E-state index is 14.2. The van der Waals surface area contributed by atoms with Gasteiger partial charge < -0.3 is 15.0 Å². The van der Waals surface area contributed by atoms with E-state index in [2.05, 4.69) is 10.3 Å². The Balaban J connectivity index is 2.42. The highest BCUT2D eigenvalue weighted by atomic mass is 19.1. The number of amides is 1.